The smallest absolute Gasteiger partial charge is 0.343 e. The highest BCUT2D eigenvalue weighted by Gasteiger charge is 2.26. The molecule has 19 heavy (non-hydrogen) atoms. The van der Waals surface area contributed by atoms with Crippen LogP contribution < -0.4 is 11.1 Å². The molecule has 104 valence electrons. The zero-order valence-corrected chi connectivity index (χ0v) is 12.0. The van der Waals surface area contributed by atoms with Gasteiger partial charge in [-0.05, 0) is 0 Å². The molecule has 1 aromatic heterocycles. The van der Waals surface area contributed by atoms with E-state index < -0.39 is 5.97 Å². The van der Waals surface area contributed by atoms with Crippen molar-refractivity contribution in [1.29, 1.82) is 0 Å². The highest BCUT2D eigenvalue weighted by atomic mass is 32.1. The number of amides is 1. The van der Waals surface area contributed by atoms with Crippen molar-refractivity contribution < 1.29 is 14.3 Å². The molecular weight excluding hydrogens is 266 g/mol. The molecule has 0 fully saturated rings. The number of nitrogens with zero attached hydrogens (tertiary/aromatic N) is 1. The van der Waals surface area contributed by atoms with E-state index in [2.05, 4.69) is 16.6 Å². The molecule has 3 N–H and O–H groups in total. The van der Waals surface area contributed by atoms with Crippen molar-refractivity contribution in [3.8, 4) is 0 Å². The van der Waals surface area contributed by atoms with Gasteiger partial charge in [0.25, 0.3) is 5.91 Å². The summed E-state index contributed by atoms with van der Waals surface area (Å²) in [4.78, 5) is 25.4. The molecule has 0 aliphatic carbocycles. The van der Waals surface area contributed by atoms with Crippen LogP contribution in [0.3, 0.4) is 0 Å². The number of esters is 1. The molecule has 6 nitrogen and oxygen atoms in total. The van der Waals surface area contributed by atoms with Gasteiger partial charge in [-0.25, -0.2) is 4.79 Å². The fourth-order valence-electron chi connectivity index (χ4n) is 1.40. The molecular formula is C12H17N3O3S. The van der Waals surface area contributed by atoms with Gasteiger partial charge in [0, 0.05) is 20.6 Å². The van der Waals surface area contributed by atoms with Crippen LogP contribution in [-0.4, -0.2) is 44.5 Å². The molecule has 0 saturated heterocycles. The maximum atomic E-state index is 12.0. The standard InChI is InChI=1S/C12H17N3O3S/c1-5-6-14-10-7(12(17)18-4)8(13)9(19-10)11(16)15(2)3/h5,14H,1,6,13H2,2-4H3. The zero-order chi connectivity index (χ0) is 14.6. The predicted molar refractivity (Wildman–Crippen MR) is 76.8 cm³/mol. The van der Waals surface area contributed by atoms with Gasteiger partial charge in [0.05, 0.1) is 12.8 Å². The Morgan fingerprint density at radius 3 is 2.63 bits per heavy atom. The minimum absolute atomic E-state index is 0.141. The Bertz CT molecular complexity index is 509. The summed E-state index contributed by atoms with van der Waals surface area (Å²) in [7, 11) is 4.51. The molecule has 0 atom stereocenters. The van der Waals surface area contributed by atoms with Crippen LogP contribution in [0.15, 0.2) is 12.7 Å². The fourth-order valence-corrected chi connectivity index (χ4v) is 2.54. The molecule has 1 aromatic rings. The SMILES string of the molecule is C=CCNc1sc(C(=O)N(C)C)c(N)c1C(=O)OC. The molecule has 0 saturated carbocycles. The first-order valence-electron chi connectivity index (χ1n) is 5.51. The molecule has 1 amide bonds. The molecule has 1 heterocycles. The highest BCUT2D eigenvalue weighted by molar-refractivity contribution is 7.19. The van der Waals surface area contributed by atoms with Gasteiger partial charge in [0.2, 0.25) is 0 Å². The number of nitrogens with one attached hydrogen (secondary N) is 1. The monoisotopic (exact) mass is 283 g/mol. The summed E-state index contributed by atoms with van der Waals surface area (Å²) in [5, 5.41) is 3.49. The van der Waals surface area contributed by atoms with Crippen molar-refractivity contribution >= 4 is 33.9 Å². The Morgan fingerprint density at radius 1 is 1.53 bits per heavy atom. The first-order valence-corrected chi connectivity index (χ1v) is 6.32. The lowest BCUT2D eigenvalue weighted by Gasteiger charge is -2.08. The second-order valence-electron chi connectivity index (χ2n) is 3.91. The van der Waals surface area contributed by atoms with Crippen molar-refractivity contribution in [3.05, 3.63) is 23.1 Å². The van der Waals surface area contributed by atoms with Crippen LogP contribution in [0.1, 0.15) is 20.0 Å². The van der Waals surface area contributed by atoms with Gasteiger partial charge in [-0.15, -0.1) is 17.9 Å². The second-order valence-corrected chi connectivity index (χ2v) is 4.93. The van der Waals surface area contributed by atoms with E-state index in [1.165, 1.54) is 12.0 Å². The molecule has 0 radical (unpaired) electrons. The molecule has 0 spiro atoms. The van der Waals surface area contributed by atoms with Gasteiger partial charge < -0.3 is 20.7 Å². The van der Waals surface area contributed by atoms with Gasteiger partial charge in [-0.3, -0.25) is 4.79 Å². The molecule has 7 heteroatoms. The van der Waals surface area contributed by atoms with Gasteiger partial charge in [0.1, 0.15) is 15.4 Å². The Morgan fingerprint density at radius 2 is 2.16 bits per heavy atom. The van der Waals surface area contributed by atoms with Crippen LogP contribution in [0.25, 0.3) is 0 Å². The van der Waals surface area contributed by atoms with E-state index in [1.807, 2.05) is 0 Å². The molecule has 0 unspecified atom stereocenters. The summed E-state index contributed by atoms with van der Waals surface area (Å²) in [6.07, 6.45) is 1.64. The molecule has 1 rings (SSSR count). The Labute approximate surface area is 115 Å². The number of nitrogens with two attached hydrogens (primary N) is 1. The van der Waals surface area contributed by atoms with E-state index in [4.69, 9.17) is 5.73 Å². The van der Waals surface area contributed by atoms with Gasteiger partial charge in [-0.2, -0.15) is 0 Å². The summed E-state index contributed by atoms with van der Waals surface area (Å²) >= 11 is 1.13. The number of carbonyl (C=O) groups is 2. The number of hydrogen-bond donors (Lipinski definition) is 2. The maximum absolute atomic E-state index is 12.0. The van der Waals surface area contributed by atoms with Crippen LogP contribution >= 0.6 is 11.3 Å². The topological polar surface area (TPSA) is 84.7 Å². The van der Waals surface area contributed by atoms with Crippen molar-refractivity contribution in [3.63, 3.8) is 0 Å². The van der Waals surface area contributed by atoms with Crippen molar-refractivity contribution in [1.82, 2.24) is 4.90 Å². The third-order valence-electron chi connectivity index (χ3n) is 2.34. The molecule has 0 aromatic carbocycles. The number of rotatable bonds is 5. The normalized spacial score (nSPS) is 9.84. The maximum Gasteiger partial charge on any atom is 0.343 e. The van der Waals surface area contributed by atoms with E-state index in [-0.39, 0.29) is 17.2 Å². The second kappa shape index (κ2) is 6.24. The lowest BCUT2D eigenvalue weighted by Crippen LogP contribution is -2.21. The summed E-state index contributed by atoms with van der Waals surface area (Å²) in [5.74, 6) is -0.822. The van der Waals surface area contributed by atoms with Gasteiger partial charge >= 0.3 is 5.97 Å². The van der Waals surface area contributed by atoms with Gasteiger partial charge in [0.15, 0.2) is 0 Å². The van der Waals surface area contributed by atoms with E-state index in [0.717, 1.165) is 11.3 Å². The summed E-state index contributed by atoms with van der Waals surface area (Å²) in [6.45, 7) is 4.04. The minimum atomic E-state index is -0.571. The fraction of sp³-hybridized carbons (Fsp3) is 0.333. The minimum Gasteiger partial charge on any atom is -0.465 e. The third-order valence-corrected chi connectivity index (χ3v) is 3.49. The number of anilines is 2. The van der Waals surface area contributed by atoms with Crippen molar-refractivity contribution in [2.45, 2.75) is 0 Å². The van der Waals surface area contributed by atoms with Crippen LogP contribution in [0.5, 0.6) is 0 Å². The molecule has 0 aliphatic rings. The van der Waals surface area contributed by atoms with Crippen molar-refractivity contribution in [2.24, 2.45) is 0 Å². The van der Waals surface area contributed by atoms with E-state index in [9.17, 15) is 9.59 Å². The zero-order valence-electron chi connectivity index (χ0n) is 11.1. The summed E-state index contributed by atoms with van der Waals surface area (Å²) in [5.41, 5.74) is 6.22. The van der Waals surface area contributed by atoms with Crippen LogP contribution in [0.2, 0.25) is 0 Å². The molecule has 0 bridgehead atoms. The Balaban J connectivity index is 3.29. The average molecular weight is 283 g/mol. The van der Waals surface area contributed by atoms with Crippen LogP contribution in [-0.2, 0) is 4.74 Å². The number of thiophene rings is 1. The quantitative estimate of drug-likeness (QED) is 0.630. The third kappa shape index (κ3) is 3.05. The number of hydrogen-bond acceptors (Lipinski definition) is 6. The van der Waals surface area contributed by atoms with E-state index in [1.54, 1.807) is 20.2 Å². The van der Waals surface area contributed by atoms with Crippen LogP contribution in [0, 0.1) is 0 Å². The molecule has 0 aliphatic heterocycles. The highest BCUT2D eigenvalue weighted by Crippen LogP contribution is 2.36. The lowest BCUT2D eigenvalue weighted by molar-refractivity contribution is 0.0603. The number of ether oxygens (including phenoxy) is 1. The van der Waals surface area contributed by atoms with Crippen LogP contribution in [0.4, 0.5) is 10.7 Å². The number of methoxy groups -OCH3 is 1. The summed E-state index contributed by atoms with van der Waals surface area (Å²) in [6, 6.07) is 0. The summed E-state index contributed by atoms with van der Waals surface area (Å²) < 4.78 is 4.69. The number of carbonyl (C=O) groups excluding carboxylic acids is 2. The lowest BCUT2D eigenvalue weighted by atomic mass is 10.2. The van der Waals surface area contributed by atoms with E-state index in [0.29, 0.717) is 16.4 Å². The first-order chi connectivity index (χ1) is 8.93. The predicted octanol–water partition coefficient (Wildman–Crippen LogP) is 1.42. The Kier molecular flexibility index (Phi) is 4.94. The van der Waals surface area contributed by atoms with E-state index >= 15 is 0 Å². The average Bonchev–Trinajstić information content (AvgIpc) is 2.71. The first kappa shape index (κ1) is 15.0. The Hall–Kier alpha value is -2.02. The van der Waals surface area contributed by atoms with Gasteiger partial charge in [-0.1, -0.05) is 6.08 Å². The largest absolute Gasteiger partial charge is 0.465 e. The number of nitrogen functional groups attached to an aromatic ring is 1. The van der Waals surface area contributed by atoms with Crippen molar-refractivity contribution in [2.75, 3.05) is 38.8 Å².